The molecule has 1 aromatic carbocycles. The summed E-state index contributed by atoms with van der Waals surface area (Å²) in [4.78, 5) is 16.4. The lowest BCUT2D eigenvalue weighted by molar-refractivity contribution is 0.614. The summed E-state index contributed by atoms with van der Waals surface area (Å²) >= 11 is 0. The van der Waals surface area contributed by atoms with E-state index in [-0.39, 0.29) is 5.75 Å². The number of nitrogens with one attached hydrogen (secondary N) is 1. The molecular formula is C21H18N4O2S. The highest BCUT2D eigenvalue weighted by molar-refractivity contribution is 7.71. The van der Waals surface area contributed by atoms with Crippen molar-refractivity contribution in [2.24, 2.45) is 0 Å². The first-order valence-electron chi connectivity index (χ1n) is 8.78. The quantitative estimate of drug-likeness (QED) is 0.494. The number of nitrogens with zero attached hydrogens (tertiary/aromatic N) is 3. The van der Waals surface area contributed by atoms with Crippen LogP contribution in [0.4, 0.5) is 0 Å². The Morgan fingerprint density at radius 1 is 0.857 bits per heavy atom. The van der Waals surface area contributed by atoms with Crippen LogP contribution in [0.3, 0.4) is 0 Å². The van der Waals surface area contributed by atoms with E-state index in [4.69, 9.17) is 0 Å². The molecule has 140 valence electrons. The maximum Gasteiger partial charge on any atom is 0.156 e. The standard InChI is InChI=1S/C21H18N4O2S/c26-28(27)14-16-8-18(12-22-11-16)17-6-7-23-20(10-17)21-24-13-19(25-21)9-15-4-2-1-3-5-15/h1-8,10-13,28H,9,14H2,(H,24,25). The number of aromatic nitrogens is 4. The van der Waals surface area contributed by atoms with Crippen molar-refractivity contribution in [3.05, 3.63) is 90.1 Å². The van der Waals surface area contributed by atoms with E-state index < -0.39 is 10.7 Å². The average Bonchev–Trinajstić information content (AvgIpc) is 3.17. The summed E-state index contributed by atoms with van der Waals surface area (Å²) in [5.41, 5.74) is 5.35. The lowest BCUT2D eigenvalue weighted by Crippen LogP contribution is -1.92. The van der Waals surface area contributed by atoms with Crippen molar-refractivity contribution < 1.29 is 8.42 Å². The molecule has 0 spiro atoms. The van der Waals surface area contributed by atoms with Crippen molar-refractivity contribution >= 4 is 10.7 Å². The Labute approximate surface area is 164 Å². The van der Waals surface area contributed by atoms with E-state index in [9.17, 15) is 8.42 Å². The fourth-order valence-corrected chi connectivity index (χ4v) is 3.49. The molecule has 0 aliphatic heterocycles. The van der Waals surface area contributed by atoms with Gasteiger partial charge in [0.1, 0.15) is 16.4 Å². The zero-order chi connectivity index (χ0) is 19.3. The number of thiol groups is 1. The smallest absolute Gasteiger partial charge is 0.156 e. The zero-order valence-corrected chi connectivity index (χ0v) is 15.8. The number of aromatic amines is 1. The molecule has 0 bridgehead atoms. The van der Waals surface area contributed by atoms with Crippen LogP contribution < -0.4 is 0 Å². The van der Waals surface area contributed by atoms with Gasteiger partial charge in [0.2, 0.25) is 0 Å². The lowest BCUT2D eigenvalue weighted by Gasteiger charge is -2.05. The molecule has 7 heteroatoms. The third-order valence-corrected chi connectivity index (χ3v) is 4.93. The topological polar surface area (TPSA) is 88.6 Å². The first kappa shape index (κ1) is 18.1. The molecule has 3 heterocycles. The Morgan fingerprint density at radius 3 is 2.54 bits per heavy atom. The minimum absolute atomic E-state index is 0.0187. The minimum atomic E-state index is -2.49. The van der Waals surface area contributed by atoms with E-state index in [0.717, 1.165) is 28.9 Å². The van der Waals surface area contributed by atoms with Gasteiger partial charge in [-0.15, -0.1) is 0 Å². The molecule has 0 atom stereocenters. The van der Waals surface area contributed by atoms with Crippen LogP contribution in [0.1, 0.15) is 16.8 Å². The summed E-state index contributed by atoms with van der Waals surface area (Å²) in [7, 11) is -2.49. The number of rotatable bonds is 6. The van der Waals surface area contributed by atoms with Crippen molar-refractivity contribution in [1.29, 1.82) is 0 Å². The van der Waals surface area contributed by atoms with E-state index in [1.807, 2.05) is 42.6 Å². The first-order valence-corrected chi connectivity index (χ1v) is 10.1. The summed E-state index contributed by atoms with van der Waals surface area (Å²) in [6.07, 6.45) is 7.59. The normalized spacial score (nSPS) is 11.0. The molecule has 0 fully saturated rings. The highest BCUT2D eigenvalue weighted by atomic mass is 32.2. The maximum absolute atomic E-state index is 11.0. The number of H-pyrrole nitrogens is 1. The highest BCUT2D eigenvalue weighted by Gasteiger charge is 2.08. The van der Waals surface area contributed by atoms with Gasteiger partial charge in [-0.1, -0.05) is 30.3 Å². The predicted octanol–water partition coefficient (Wildman–Crippen LogP) is 3.24. The third-order valence-electron chi connectivity index (χ3n) is 4.31. The molecule has 0 unspecified atom stereocenters. The van der Waals surface area contributed by atoms with Gasteiger partial charge in [-0.25, -0.2) is 13.4 Å². The Morgan fingerprint density at radius 2 is 1.71 bits per heavy atom. The number of hydrogen-bond donors (Lipinski definition) is 2. The Balaban J connectivity index is 1.59. The fourth-order valence-electron chi connectivity index (χ4n) is 3.02. The van der Waals surface area contributed by atoms with Gasteiger partial charge in [0.05, 0.1) is 5.75 Å². The van der Waals surface area contributed by atoms with Gasteiger partial charge in [-0.3, -0.25) is 9.97 Å². The molecule has 0 aliphatic carbocycles. The Hall–Kier alpha value is -3.32. The monoisotopic (exact) mass is 390 g/mol. The van der Waals surface area contributed by atoms with Crippen LogP contribution in [-0.4, -0.2) is 28.4 Å². The van der Waals surface area contributed by atoms with Crippen LogP contribution in [0.25, 0.3) is 22.6 Å². The maximum atomic E-state index is 11.0. The predicted molar refractivity (Wildman–Crippen MR) is 108 cm³/mol. The van der Waals surface area contributed by atoms with Crippen LogP contribution in [0.15, 0.2) is 73.3 Å². The first-order chi connectivity index (χ1) is 13.7. The van der Waals surface area contributed by atoms with Crippen molar-refractivity contribution in [1.82, 2.24) is 19.9 Å². The molecule has 4 aromatic rings. The summed E-state index contributed by atoms with van der Waals surface area (Å²) < 4.78 is 22.0. The second-order valence-corrected chi connectivity index (χ2v) is 7.40. The van der Waals surface area contributed by atoms with Gasteiger partial charge in [0.25, 0.3) is 0 Å². The average molecular weight is 390 g/mol. The number of benzene rings is 1. The summed E-state index contributed by atoms with van der Waals surface area (Å²) in [5.74, 6) is 0.675. The van der Waals surface area contributed by atoms with Gasteiger partial charge in [-0.2, -0.15) is 0 Å². The lowest BCUT2D eigenvalue weighted by atomic mass is 10.1. The van der Waals surface area contributed by atoms with E-state index in [1.54, 1.807) is 18.6 Å². The van der Waals surface area contributed by atoms with Gasteiger partial charge in [0, 0.05) is 42.5 Å². The molecule has 0 saturated carbocycles. The summed E-state index contributed by atoms with van der Waals surface area (Å²) in [6.45, 7) is 0. The van der Waals surface area contributed by atoms with Crippen LogP contribution in [-0.2, 0) is 22.9 Å². The molecule has 1 N–H and O–H groups in total. The van der Waals surface area contributed by atoms with Gasteiger partial charge in [0.15, 0.2) is 5.82 Å². The minimum Gasteiger partial charge on any atom is -0.340 e. The van der Waals surface area contributed by atoms with Gasteiger partial charge in [-0.05, 0) is 34.9 Å². The SMILES string of the molecule is O=[SH](=O)Cc1cncc(-c2ccnc(-c3ncc(Cc4ccccc4)[nH]3)c2)c1. The van der Waals surface area contributed by atoms with E-state index in [2.05, 4.69) is 32.1 Å². The Bertz CT molecular complexity index is 1160. The number of hydrogen-bond acceptors (Lipinski definition) is 5. The Kier molecular flexibility index (Phi) is 5.25. The third kappa shape index (κ3) is 4.32. The number of pyridine rings is 2. The van der Waals surface area contributed by atoms with E-state index in [1.165, 1.54) is 5.56 Å². The molecule has 0 aliphatic rings. The van der Waals surface area contributed by atoms with Crippen LogP contribution in [0.5, 0.6) is 0 Å². The van der Waals surface area contributed by atoms with Gasteiger partial charge < -0.3 is 4.98 Å². The molecular weight excluding hydrogens is 372 g/mol. The molecule has 0 radical (unpaired) electrons. The second-order valence-electron chi connectivity index (χ2n) is 6.42. The summed E-state index contributed by atoms with van der Waals surface area (Å²) in [5, 5.41) is 0. The van der Waals surface area contributed by atoms with Crippen molar-refractivity contribution in [3.8, 4) is 22.6 Å². The fraction of sp³-hybridized carbons (Fsp3) is 0.0952. The van der Waals surface area contributed by atoms with Crippen LogP contribution in [0.2, 0.25) is 0 Å². The van der Waals surface area contributed by atoms with Crippen LogP contribution in [0, 0.1) is 0 Å². The zero-order valence-electron chi connectivity index (χ0n) is 14.9. The second kappa shape index (κ2) is 8.14. The molecule has 3 aromatic heterocycles. The largest absolute Gasteiger partial charge is 0.340 e. The highest BCUT2D eigenvalue weighted by Crippen LogP contribution is 2.24. The molecule has 0 saturated heterocycles. The van der Waals surface area contributed by atoms with E-state index in [0.29, 0.717) is 11.4 Å². The van der Waals surface area contributed by atoms with Crippen LogP contribution >= 0.6 is 0 Å². The molecule has 28 heavy (non-hydrogen) atoms. The van der Waals surface area contributed by atoms with Crippen molar-refractivity contribution in [2.75, 3.05) is 0 Å². The van der Waals surface area contributed by atoms with Gasteiger partial charge >= 0.3 is 0 Å². The molecule has 6 nitrogen and oxygen atoms in total. The van der Waals surface area contributed by atoms with E-state index >= 15 is 0 Å². The molecule has 4 rings (SSSR count). The number of imidazole rings is 1. The summed E-state index contributed by atoms with van der Waals surface area (Å²) in [6, 6.07) is 15.8. The van der Waals surface area contributed by atoms with Crippen molar-refractivity contribution in [3.63, 3.8) is 0 Å². The molecule has 0 amide bonds. The van der Waals surface area contributed by atoms with Crippen molar-refractivity contribution in [2.45, 2.75) is 12.2 Å².